The number of halogens is 1. The first-order valence-corrected chi connectivity index (χ1v) is 9.57. The monoisotopic (exact) mass is 395 g/mol. The van der Waals surface area contributed by atoms with E-state index in [4.69, 9.17) is 0 Å². The van der Waals surface area contributed by atoms with Crippen LogP contribution in [0.4, 0.5) is 5.82 Å². The first-order valence-electron chi connectivity index (χ1n) is 7.29. The van der Waals surface area contributed by atoms with Crippen molar-refractivity contribution >= 4 is 38.5 Å². The third-order valence-corrected chi connectivity index (χ3v) is 5.38. The quantitative estimate of drug-likeness (QED) is 0.846. The van der Waals surface area contributed by atoms with Gasteiger partial charge in [0.1, 0.15) is 5.82 Å². The molecule has 1 N–H and O–H groups in total. The second-order valence-corrected chi connectivity index (χ2v) is 8.92. The molecule has 122 valence electrons. The van der Waals surface area contributed by atoms with Gasteiger partial charge in [-0.15, -0.1) is 0 Å². The summed E-state index contributed by atoms with van der Waals surface area (Å²) in [5.41, 5.74) is 2.02. The number of carbonyl (C=O) groups is 1. The molecule has 1 aromatic carbocycles. The zero-order chi connectivity index (χ0) is 16.8. The van der Waals surface area contributed by atoms with Crippen LogP contribution < -0.4 is 5.32 Å². The molecule has 0 spiro atoms. The normalized spacial score (nSPS) is 17.1. The first-order chi connectivity index (χ1) is 10.8. The van der Waals surface area contributed by atoms with Crippen LogP contribution in [0.2, 0.25) is 0 Å². The number of fused-ring (bicyclic) bond motifs is 1. The Labute approximate surface area is 146 Å². The Bertz CT molecular complexity index is 791. The van der Waals surface area contributed by atoms with Crippen molar-refractivity contribution in [1.29, 1.82) is 0 Å². The van der Waals surface area contributed by atoms with E-state index in [0.29, 0.717) is 22.9 Å². The Morgan fingerprint density at radius 2 is 1.91 bits per heavy atom. The Morgan fingerprint density at radius 1 is 1.26 bits per heavy atom. The zero-order valence-corrected chi connectivity index (χ0v) is 15.6. The lowest BCUT2D eigenvalue weighted by Crippen LogP contribution is -2.27. The smallest absolute Gasteiger partial charge is 0.256 e. The van der Waals surface area contributed by atoms with Gasteiger partial charge in [-0.05, 0) is 45.0 Å². The fourth-order valence-corrected chi connectivity index (χ4v) is 4.05. The van der Waals surface area contributed by atoms with Crippen molar-refractivity contribution in [3.63, 3.8) is 0 Å². The highest BCUT2D eigenvalue weighted by atomic mass is 79.9. The van der Waals surface area contributed by atoms with Gasteiger partial charge in [-0.2, -0.15) is 5.10 Å². The van der Waals surface area contributed by atoms with Crippen LogP contribution in [0.25, 0.3) is 0 Å². The molecule has 1 aliphatic rings. The lowest BCUT2D eigenvalue weighted by atomic mass is 10.1. The van der Waals surface area contributed by atoms with Crippen LogP contribution in [-0.2, 0) is 27.8 Å². The summed E-state index contributed by atoms with van der Waals surface area (Å²) in [6.07, 6.45) is 0. The number of hydrogen-bond acceptors (Lipinski definition) is 3. The summed E-state index contributed by atoms with van der Waals surface area (Å²) in [5.74, 6) is 1.37. The van der Waals surface area contributed by atoms with E-state index in [1.165, 1.54) is 0 Å². The van der Waals surface area contributed by atoms with Gasteiger partial charge in [-0.3, -0.25) is 9.00 Å². The number of nitrogens with zero attached hydrogens (tertiary/aromatic N) is 2. The van der Waals surface area contributed by atoms with E-state index in [9.17, 15) is 9.00 Å². The number of hydrogen-bond donors (Lipinski definition) is 1. The lowest BCUT2D eigenvalue weighted by molar-refractivity contribution is 0.102. The Balaban J connectivity index is 1.97. The van der Waals surface area contributed by atoms with Gasteiger partial charge in [-0.25, -0.2) is 4.68 Å². The minimum atomic E-state index is -0.929. The van der Waals surface area contributed by atoms with Crippen molar-refractivity contribution in [3.05, 3.63) is 45.6 Å². The molecule has 0 saturated carbocycles. The van der Waals surface area contributed by atoms with Crippen molar-refractivity contribution in [1.82, 2.24) is 9.78 Å². The number of benzene rings is 1. The van der Waals surface area contributed by atoms with E-state index in [2.05, 4.69) is 26.3 Å². The predicted octanol–water partition coefficient (Wildman–Crippen LogP) is 3.42. The predicted molar refractivity (Wildman–Crippen MR) is 94.9 cm³/mol. The topological polar surface area (TPSA) is 64.0 Å². The molecule has 0 fully saturated rings. The number of aromatic nitrogens is 2. The van der Waals surface area contributed by atoms with Gasteiger partial charge in [-0.1, -0.05) is 15.9 Å². The van der Waals surface area contributed by atoms with Gasteiger partial charge in [0.2, 0.25) is 0 Å². The highest BCUT2D eigenvalue weighted by Crippen LogP contribution is 2.33. The summed E-state index contributed by atoms with van der Waals surface area (Å²) in [4.78, 5) is 12.5. The molecule has 1 aromatic heterocycles. The molecule has 1 amide bonds. The summed E-state index contributed by atoms with van der Waals surface area (Å²) >= 11 is 3.36. The number of amides is 1. The SMILES string of the molecule is CC(C)(C)n1nc2c(c1NC(=O)c1ccc(Br)cc1)C[S@](=O)C2. The van der Waals surface area contributed by atoms with Crippen LogP contribution in [0.1, 0.15) is 42.4 Å². The maximum atomic E-state index is 12.5. The molecule has 1 atom stereocenters. The minimum Gasteiger partial charge on any atom is -0.306 e. The van der Waals surface area contributed by atoms with Crippen molar-refractivity contribution in [3.8, 4) is 0 Å². The molecule has 3 rings (SSSR count). The number of nitrogens with one attached hydrogen (secondary N) is 1. The van der Waals surface area contributed by atoms with Crippen LogP contribution in [0.5, 0.6) is 0 Å². The molecular weight excluding hydrogens is 378 g/mol. The zero-order valence-electron chi connectivity index (χ0n) is 13.2. The molecule has 7 heteroatoms. The van der Waals surface area contributed by atoms with Gasteiger partial charge >= 0.3 is 0 Å². The summed E-state index contributed by atoms with van der Waals surface area (Å²) in [7, 11) is -0.929. The van der Waals surface area contributed by atoms with Gasteiger partial charge in [0.15, 0.2) is 0 Å². The number of rotatable bonds is 2. The standard InChI is InChI=1S/C16H18BrN3O2S/c1-16(2,3)20-14(12-8-23(22)9-13(12)19-20)18-15(21)10-4-6-11(17)7-5-10/h4-7H,8-9H2,1-3H3,(H,18,21)/t23-/m0/s1. The Hall–Kier alpha value is -1.47. The van der Waals surface area contributed by atoms with E-state index >= 15 is 0 Å². The van der Waals surface area contributed by atoms with Gasteiger partial charge in [0, 0.05) is 26.4 Å². The van der Waals surface area contributed by atoms with E-state index in [1.54, 1.807) is 12.1 Å². The molecule has 0 bridgehead atoms. The molecule has 1 aliphatic heterocycles. The highest BCUT2D eigenvalue weighted by molar-refractivity contribution is 9.10. The maximum Gasteiger partial charge on any atom is 0.256 e. The molecular formula is C16H18BrN3O2S. The molecule has 5 nitrogen and oxygen atoms in total. The number of anilines is 1. The highest BCUT2D eigenvalue weighted by Gasteiger charge is 2.31. The first kappa shape index (κ1) is 16.4. The molecule has 0 radical (unpaired) electrons. The summed E-state index contributed by atoms with van der Waals surface area (Å²) in [6.45, 7) is 6.09. The van der Waals surface area contributed by atoms with E-state index in [-0.39, 0.29) is 11.4 Å². The third-order valence-electron chi connectivity index (χ3n) is 3.64. The van der Waals surface area contributed by atoms with Crippen LogP contribution in [0.3, 0.4) is 0 Å². The van der Waals surface area contributed by atoms with Crippen LogP contribution in [-0.4, -0.2) is 19.9 Å². The fraction of sp³-hybridized carbons (Fsp3) is 0.375. The average Bonchev–Trinajstić information content (AvgIpc) is 2.97. The maximum absolute atomic E-state index is 12.5. The summed E-state index contributed by atoms with van der Waals surface area (Å²) in [5, 5.41) is 7.54. The van der Waals surface area contributed by atoms with Crippen molar-refractivity contribution in [2.45, 2.75) is 37.8 Å². The van der Waals surface area contributed by atoms with E-state index in [0.717, 1.165) is 15.7 Å². The van der Waals surface area contributed by atoms with Crippen LogP contribution in [0, 0.1) is 0 Å². The molecule has 2 heterocycles. The minimum absolute atomic E-state index is 0.191. The van der Waals surface area contributed by atoms with Gasteiger partial charge in [0.25, 0.3) is 5.91 Å². The molecule has 0 aliphatic carbocycles. The van der Waals surface area contributed by atoms with E-state index < -0.39 is 10.8 Å². The van der Waals surface area contributed by atoms with Crippen molar-refractivity contribution in [2.24, 2.45) is 0 Å². The lowest BCUT2D eigenvalue weighted by Gasteiger charge is -2.23. The number of carbonyl (C=O) groups excluding carboxylic acids is 1. The Kier molecular flexibility index (Phi) is 4.18. The van der Waals surface area contributed by atoms with Crippen molar-refractivity contribution < 1.29 is 9.00 Å². The average molecular weight is 396 g/mol. The van der Waals surface area contributed by atoms with Crippen LogP contribution >= 0.6 is 15.9 Å². The fourth-order valence-electron chi connectivity index (χ4n) is 2.52. The Morgan fingerprint density at radius 3 is 2.52 bits per heavy atom. The van der Waals surface area contributed by atoms with Crippen molar-refractivity contribution in [2.75, 3.05) is 5.32 Å². The van der Waals surface area contributed by atoms with Gasteiger partial charge < -0.3 is 5.32 Å². The van der Waals surface area contributed by atoms with Crippen LogP contribution in [0.15, 0.2) is 28.7 Å². The molecule has 23 heavy (non-hydrogen) atoms. The summed E-state index contributed by atoms with van der Waals surface area (Å²) < 4.78 is 14.6. The second kappa shape index (κ2) is 5.87. The second-order valence-electron chi connectivity index (χ2n) is 6.55. The van der Waals surface area contributed by atoms with Gasteiger partial charge in [0.05, 0.1) is 22.7 Å². The largest absolute Gasteiger partial charge is 0.306 e. The molecule has 2 aromatic rings. The molecule has 0 unspecified atom stereocenters. The summed E-state index contributed by atoms with van der Waals surface area (Å²) in [6, 6.07) is 7.18. The molecule has 0 saturated heterocycles. The third kappa shape index (κ3) is 3.26. The van der Waals surface area contributed by atoms with E-state index in [1.807, 2.05) is 37.6 Å².